The summed E-state index contributed by atoms with van der Waals surface area (Å²) in [7, 11) is -2.04. The van der Waals surface area contributed by atoms with Gasteiger partial charge in [-0.2, -0.15) is 10.1 Å². The van der Waals surface area contributed by atoms with Crippen molar-refractivity contribution in [3.63, 3.8) is 0 Å². The lowest BCUT2D eigenvalue weighted by Crippen LogP contribution is -2.43. The standard InChI is InChI=1S/C36H50N4O5Si/c1-26(43-25-28-13-9-8-10-14-28)19-22-41-27(2)24-44-35-37-20-18-31(38-35)34-30-23-29(45-46(6,7)36(3,4)5)16-17-32(30)40(39-34)33-15-11-12-21-42-33/h8-10,13-14,16-18,20,23,26-27,33H,11-12,15,19,21-22,24-25H2,1-7H3/t26-,27+,33?/m1/s1. The van der Waals surface area contributed by atoms with Crippen molar-refractivity contribution in [2.45, 2.75) is 103 Å². The lowest BCUT2D eigenvalue weighted by molar-refractivity contribution is -0.0365. The zero-order valence-electron chi connectivity index (χ0n) is 28.5. The second-order valence-electron chi connectivity index (χ2n) is 13.8. The van der Waals surface area contributed by atoms with Crippen LogP contribution in [0.1, 0.15) is 72.1 Å². The Hall–Kier alpha value is -3.31. The van der Waals surface area contributed by atoms with E-state index in [-0.39, 0.29) is 29.5 Å². The van der Waals surface area contributed by atoms with E-state index in [0.717, 1.165) is 54.6 Å². The minimum Gasteiger partial charge on any atom is -0.543 e. The molecule has 5 rings (SSSR count). The first-order valence-electron chi connectivity index (χ1n) is 16.6. The maximum absolute atomic E-state index is 6.68. The fourth-order valence-electron chi connectivity index (χ4n) is 5.07. The molecule has 0 spiro atoms. The van der Waals surface area contributed by atoms with Crippen LogP contribution in [-0.4, -0.2) is 60.1 Å². The first kappa shape index (κ1) is 34.0. The predicted octanol–water partition coefficient (Wildman–Crippen LogP) is 8.36. The van der Waals surface area contributed by atoms with Gasteiger partial charge in [-0.15, -0.1) is 0 Å². The molecule has 2 aromatic carbocycles. The number of ether oxygens (including phenoxy) is 4. The van der Waals surface area contributed by atoms with Crippen molar-refractivity contribution in [3.05, 3.63) is 66.4 Å². The summed E-state index contributed by atoms with van der Waals surface area (Å²) in [5, 5.41) is 6.11. The number of nitrogens with zero attached hydrogens (tertiary/aromatic N) is 4. The molecule has 0 bridgehead atoms. The van der Waals surface area contributed by atoms with Crippen molar-refractivity contribution in [2.24, 2.45) is 0 Å². The minimum absolute atomic E-state index is 0.0824. The molecule has 10 heteroatoms. The van der Waals surface area contributed by atoms with E-state index in [2.05, 4.69) is 76.1 Å². The number of aromatic nitrogens is 4. The maximum atomic E-state index is 6.68. The second-order valence-corrected chi connectivity index (χ2v) is 18.5. The van der Waals surface area contributed by atoms with E-state index in [0.29, 0.717) is 25.5 Å². The van der Waals surface area contributed by atoms with Crippen molar-refractivity contribution in [2.75, 3.05) is 19.8 Å². The highest BCUT2D eigenvalue weighted by Crippen LogP contribution is 2.39. The number of fused-ring (bicyclic) bond motifs is 1. The fraction of sp³-hybridized carbons (Fsp3) is 0.528. The highest BCUT2D eigenvalue weighted by molar-refractivity contribution is 6.74. The molecule has 2 aromatic heterocycles. The van der Waals surface area contributed by atoms with Crippen LogP contribution >= 0.6 is 0 Å². The summed E-state index contributed by atoms with van der Waals surface area (Å²) >= 11 is 0. The zero-order valence-corrected chi connectivity index (χ0v) is 29.5. The van der Waals surface area contributed by atoms with Crippen molar-refractivity contribution >= 4 is 19.2 Å². The van der Waals surface area contributed by atoms with Crippen LogP contribution in [0.5, 0.6) is 11.8 Å². The van der Waals surface area contributed by atoms with Crippen LogP contribution < -0.4 is 9.16 Å². The third kappa shape index (κ3) is 8.73. The Morgan fingerprint density at radius 1 is 1.00 bits per heavy atom. The molecular formula is C36H50N4O5Si. The quantitative estimate of drug-likeness (QED) is 0.126. The van der Waals surface area contributed by atoms with Crippen LogP contribution in [0.4, 0.5) is 0 Å². The number of rotatable bonds is 14. The van der Waals surface area contributed by atoms with Gasteiger partial charge >= 0.3 is 6.01 Å². The molecular weight excluding hydrogens is 597 g/mol. The van der Waals surface area contributed by atoms with Gasteiger partial charge < -0.3 is 23.4 Å². The van der Waals surface area contributed by atoms with Gasteiger partial charge in [-0.1, -0.05) is 51.1 Å². The van der Waals surface area contributed by atoms with Gasteiger partial charge in [0.2, 0.25) is 8.32 Å². The monoisotopic (exact) mass is 646 g/mol. The molecule has 1 saturated heterocycles. The summed E-state index contributed by atoms with van der Waals surface area (Å²) in [4.78, 5) is 9.15. The Morgan fingerprint density at radius 3 is 2.54 bits per heavy atom. The third-order valence-electron chi connectivity index (χ3n) is 8.91. The van der Waals surface area contributed by atoms with Crippen molar-refractivity contribution in [3.8, 4) is 23.1 Å². The molecule has 4 aromatic rings. The number of hydrogen-bond acceptors (Lipinski definition) is 8. The van der Waals surface area contributed by atoms with Gasteiger partial charge in [-0.25, -0.2) is 9.67 Å². The van der Waals surface area contributed by atoms with E-state index >= 15 is 0 Å². The van der Waals surface area contributed by atoms with E-state index in [1.165, 1.54) is 5.56 Å². The molecule has 0 amide bonds. The summed E-state index contributed by atoms with van der Waals surface area (Å²) in [6.07, 6.45) is 5.47. The molecule has 0 saturated carbocycles. The Morgan fingerprint density at radius 2 is 1.80 bits per heavy atom. The smallest absolute Gasteiger partial charge is 0.317 e. The van der Waals surface area contributed by atoms with Crippen LogP contribution in [0.2, 0.25) is 18.1 Å². The molecule has 1 fully saturated rings. The Bertz CT molecular complexity index is 1550. The normalized spacial score (nSPS) is 17.2. The number of benzene rings is 2. The molecule has 1 unspecified atom stereocenters. The van der Waals surface area contributed by atoms with Crippen LogP contribution in [0.15, 0.2) is 60.8 Å². The molecule has 3 heterocycles. The molecule has 1 aliphatic heterocycles. The third-order valence-corrected chi connectivity index (χ3v) is 13.3. The lowest BCUT2D eigenvalue weighted by Gasteiger charge is -2.36. The van der Waals surface area contributed by atoms with E-state index in [4.69, 9.17) is 33.5 Å². The second kappa shape index (κ2) is 15.1. The van der Waals surface area contributed by atoms with Gasteiger partial charge in [0.05, 0.1) is 30.0 Å². The van der Waals surface area contributed by atoms with Crippen molar-refractivity contribution < 1.29 is 23.4 Å². The first-order chi connectivity index (χ1) is 22.0. The van der Waals surface area contributed by atoms with Gasteiger partial charge in [-0.05, 0) is 87.5 Å². The van der Waals surface area contributed by atoms with E-state index in [1.54, 1.807) is 6.20 Å². The minimum atomic E-state index is -2.04. The average Bonchev–Trinajstić information content (AvgIpc) is 3.42. The van der Waals surface area contributed by atoms with Crippen LogP contribution in [-0.2, 0) is 20.8 Å². The van der Waals surface area contributed by atoms with Gasteiger partial charge in [-0.3, -0.25) is 0 Å². The predicted molar refractivity (Wildman–Crippen MR) is 184 cm³/mol. The highest BCUT2D eigenvalue weighted by Gasteiger charge is 2.39. The Balaban J connectivity index is 1.26. The van der Waals surface area contributed by atoms with Crippen molar-refractivity contribution in [1.82, 2.24) is 19.7 Å². The largest absolute Gasteiger partial charge is 0.543 e. The molecule has 0 aliphatic carbocycles. The van der Waals surface area contributed by atoms with Gasteiger partial charge in [0, 0.05) is 24.8 Å². The molecule has 1 aliphatic rings. The van der Waals surface area contributed by atoms with E-state index in [1.807, 2.05) is 35.9 Å². The summed E-state index contributed by atoms with van der Waals surface area (Å²) in [5.41, 5.74) is 3.61. The summed E-state index contributed by atoms with van der Waals surface area (Å²) in [6, 6.07) is 18.6. The molecule has 46 heavy (non-hydrogen) atoms. The fourth-order valence-corrected chi connectivity index (χ4v) is 6.09. The van der Waals surface area contributed by atoms with Gasteiger partial charge in [0.1, 0.15) is 18.1 Å². The van der Waals surface area contributed by atoms with E-state index < -0.39 is 8.32 Å². The van der Waals surface area contributed by atoms with E-state index in [9.17, 15) is 0 Å². The lowest BCUT2D eigenvalue weighted by atomic mass is 10.1. The van der Waals surface area contributed by atoms with Crippen molar-refractivity contribution in [1.29, 1.82) is 0 Å². The Labute approximate surface area is 274 Å². The Kier molecular flexibility index (Phi) is 11.1. The summed E-state index contributed by atoms with van der Waals surface area (Å²) < 4.78 is 32.8. The first-order valence-corrected chi connectivity index (χ1v) is 19.5. The van der Waals surface area contributed by atoms with Crippen LogP contribution in [0.25, 0.3) is 22.3 Å². The van der Waals surface area contributed by atoms with Crippen LogP contribution in [0, 0.1) is 0 Å². The maximum Gasteiger partial charge on any atom is 0.317 e. The topological polar surface area (TPSA) is 89.8 Å². The van der Waals surface area contributed by atoms with Gasteiger partial charge in [0.15, 0.2) is 6.23 Å². The SMILES string of the molecule is C[C@H](CCO[C@@H](C)COc1nccc(-c2nn(C3CCCCO3)c3ccc(O[Si](C)(C)C(C)(C)C)cc23)n1)OCc1ccccc1. The van der Waals surface area contributed by atoms with Gasteiger partial charge in [0.25, 0.3) is 0 Å². The molecule has 9 nitrogen and oxygen atoms in total. The molecule has 248 valence electrons. The molecule has 3 atom stereocenters. The highest BCUT2D eigenvalue weighted by atomic mass is 28.4. The summed E-state index contributed by atoms with van der Waals surface area (Å²) in [5.74, 6) is 0.848. The number of hydrogen-bond donors (Lipinski definition) is 0. The van der Waals surface area contributed by atoms with Crippen LogP contribution in [0.3, 0.4) is 0 Å². The average molecular weight is 647 g/mol. The summed E-state index contributed by atoms with van der Waals surface area (Å²) in [6.45, 7) is 17.6. The molecule has 0 N–H and O–H groups in total. The zero-order chi connectivity index (χ0) is 32.7. The molecule has 0 radical (unpaired) electrons.